The van der Waals surface area contributed by atoms with Gasteiger partial charge in [-0.1, -0.05) is 30.3 Å². The van der Waals surface area contributed by atoms with Gasteiger partial charge in [0.15, 0.2) is 0 Å². The Morgan fingerprint density at radius 1 is 0.882 bits per heavy atom. The largest absolute Gasteiger partial charge is 0.384 e. The summed E-state index contributed by atoms with van der Waals surface area (Å²) in [6.45, 7) is 4.15. The van der Waals surface area contributed by atoms with Crippen LogP contribution in [0.5, 0.6) is 0 Å². The molecule has 0 amide bonds. The van der Waals surface area contributed by atoms with Crippen molar-refractivity contribution in [2.24, 2.45) is 0 Å². The molecule has 0 aliphatic heterocycles. The van der Waals surface area contributed by atoms with Gasteiger partial charge in [0.05, 0.1) is 16.6 Å². The van der Waals surface area contributed by atoms with E-state index >= 15 is 0 Å². The number of hydrogen-bond acceptors (Lipinski definition) is 4. The maximum absolute atomic E-state index is 5.38. The van der Waals surface area contributed by atoms with E-state index in [1.165, 1.54) is 62.5 Å². The van der Waals surface area contributed by atoms with Gasteiger partial charge in [0, 0.05) is 24.2 Å². The second kappa shape index (κ2) is 9.93. The molecular formula is C29H39N5. The van der Waals surface area contributed by atoms with Crippen LogP contribution in [-0.4, -0.2) is 67.2 Å². The highest BCUT2D eigenvalue weighted by Crippen LogP contribution is 2.42. The Balaban J connectivity index is 1.74. The lowest BCUT2D eigenvalue weighted by molar-refractivity contribution is 0.389. The third-order valence-corrected chi connectivity index (χ3v) is 7.23. The third kappa shape index (κ3) is 4.39. The molecule has 4 aromatic rings. The second-order valence-corrected chi connectivity index (χ2v) is 10.4. The van der Waals surface area contributed by atoms with Crippen molar-refractivity contribution in [2.45, 2.75) is 45.1 Å². The summed E-state index contributed by atoms with van der Waals surface area (Å²) in [7, 11) is 8.62. The summed E-state index contributed by atoms with van der Waals surface area (Å²) in [6.07, 6.45) is 6.98. The van der Waals surface area contributed by atoms with Crippen molar-refractivity contribution in [2.75, 3.05) is 53.1 Å². The zero-order chi connectivity index (χ0) is 23.7. The van der Waals surface area contributed by atoms with Crippen molar-refractivity contribution in [3.63, 3.8) is 0 Å². The summed E-state index contributed by atoms with van der Waals surface area (Å²) >= 11 is 0. The van der Waals surface area contributed by atoms with Crippen LogP contribution in [0.4, 0.5) is 5.69 Å². The SMILES string of the molecule is CN(C)CCCNc1c2c(nc3c1c1c4ccccc4ccc1n3CCCN(C)C)CCCC2. The normalized spacial score (nSPS) is 14.1. The minimum absolute atomic E-state index is 0.988. The number of rotatable bonds is 9. The molecular weight excluding hydrogens is 418 g/mol. The number of pyridine rings is 1. The molecule has 34 heavy (non-hydrogen) atoms. The molecule has 0 radical (unpaired) electrons. The van der Waals surface area contributed by atoms with Crippen LogP contribution in [0, 0.1) is 0 Å². The van der Waals surface area contributed by atoms with E-state index in [1.54, 1.807) is 0 Å². The summed E-state index contributed by atoms with van der Waals surface area (Å²) in [5, 5.41) is 9.27. The van der Waals surface area contributed by atoms with E-state index in [1.807, 2.05) is 0 Å². The maximum atomic E-state index is 5.38. The van der Waals surface area contributed by atoms with E-state index in [4.69, 9.17) is 4.98 Å². The van der Waals surface area contributed by atoms with Crippen molar-refractivity contribution in [3.8, 4) is 0 Å². The molecule has 1 N–H and O–H groups in total. The monoisotopic (exact) mass is 457 g/mol. The molecule has 2 aromatic heterocycles. The Hall–Kier alpha value is -2.63. The van der Waals surface area contributed by atoms with Gasteiger partial charge in [0.25, 0.3) is 0 Å². The van der Waals surface area contributed by atoms with E-state index in [9.17, 15) is 0 Å². The predicted molar refractivity (Wildman–Crippen MR) is 146 cm³/mol. The minimum Gasteiger partial charge on any atom is -0.384 e. The summed E-state index contributed by atoms with van der Waals surface area (Å²) in [5.41, 5.74) is 6.62. The lowest BCUT2D eigenvalue weighted by Gasteiger charge is -2.22. The number of hydrogen-bond donors (Lipinski definition) is 1. The van der Waals surface area contributed by atoms with E-state index < -0.39 is 0 Å². The molecule has 1 aliphatic carbocycles. The summed E-state index contributed by atoms with van der Waals surface area (Å²) in [6, 6.07) is 13.4. The summed E-state index contributed by atoms with van der Waals surface area (Å²) in [5.74, 6) is 0. The number of nitrogens with one attached hydrogen (secondary N) is 1. The van der Waals surface area contributed by atoms with Gasteiger partial charge in [-0.05, 0) is 102 Å². The number of aryl methyl sites for hydroxylation is 2. The molecule has 180 valence electrons. The molecule has 5 heteroatoms. The molecule has 2 aromatic carbocycles. The Morgan fingerprint density at radius 3 is 2.47 bits per heavy atom. The van der Waals surface area contributed by atoms with Crippen molar-refractivity contribution in [1.82, 2.24) is 19.4 Å². The van der Waals surface area contributed by atoms with Crippen LogP contribution in [0.2, 0.25) is 0 Å². The van der Waals surface area contributed by atoms with Crippen LogP contribution < -0.4 is 5.32 Å². The van der Waals surface area contributed by atoms with Crippen LogP contribution in [0.3, 0.4) is 0 Å². The molecule has 0 saturated heterocycles. The van der Waals surface area contributed by atoms with Gasteiger partial charge in [0.2, 0.25) is 0 Å². The summed E-state index contributed by atoms with van der Waals surface area (Å²) in [4.78, 5) is 9.92. The van der Waals surface area contributed by atoms with Gasteiger partial charge >= 0.3 is 0 Å². The Labute approximate surface area is 203 Å². The molecule has 0 bridgehead atoms. The van der Waals surface area contributed by atoms with Crippen molar-refractivity contribution >= 4 is 38.4 Å². The van der Waals surface area contributed by atoms with Gasteiger partial charge in [-0.25, -0.2) is 4.98 Å². The van der Waals surface area contributed by atoms with Gasteiger partial charge in [0.1, 0.15) is 5.65 Å². The smallest absolute Gasteiger partial charge is 0.143 e. The molecule has 0 spiro atoms. The average Bonchev–Trinajstić information content (AvgIpc) is 3.14. The highest BCUT2D eigenvalue weighted by atomic mass is 15.1. The van der Waals surface area contributed by atoms with Crippen LogP contribution >= 0.6 is 0 Å². The van der Waals surface area contributed by atoms with E-state index in [0.717, 1.165) is 51.9 Å². The van der Waals surface area contributed by atoms with Crippen LogP contribution in [0.15, 0.2) is 36.4 Å². The molecule has 0 saturated carbocycles. The standard InChI is InChI=1S/C29H39N5/c1-32(2)18-9-17-30-28-23-13-7-8-14-24(23)31-29-27(28)26-22-12-6-5-11-21(22)15-16-25(26)34(29)20-10-19-33(3)4/h5-6,11-12,15-16H,7-10,13-14,17-20H2,1-4H3,(H,30,31). The molecule has 1 aliphatic rings. The minimum atomic E-state index is 0.988. The van der Waals surface area contributed by atoms with Crippen LogP contribution in [0.25, 0.3) is 32.7 Å². The number of aromatic nitrogens is 2. The van der Waals surface area contributed by atoms with Crippen LogP contribution in [-0.2, 0) is 19.4 Å². The van der Waals surface area contributed by atoms with E-state index in [2.05, 4.69) is 84.3 Å². The topological polar surface area (TPSA) is 36.3 Å². The maximum Gasteiger partial charge on any atom is 0.143 e. The molecule has 0 fully saturated rings. The zero-order valence-electron chi connectivity index (χ0n) is 21.3. The fraction of sp³-hybridized carbons (Fsp3) is 0.483. The van der Waals surface area contributed by atoms with E-state index in [0.29, 0.717) is 0 Å². The Bertz CT molecular complexity index is 1300. The van der Waals surface area contributed by atoms with Gasteiger partial charge in [-0.15, -0.1) is 0 Å². The van der Waals surface area contributed by atoms with Gasteiger partial charge in [-0.2, -0.15) is 0 Å². The highest BCUT2D eigenvalue weighted by Gasteiger charge is 2.24. The molecule has 5 rings (SSSR count). The Kier molecular flexibility index (Phi) is 6.75. The highest BCUT2D eigenvalue weighted by molar-refractivity contribution is 6.23. The predicted octanol–water partition coefficient (Wildman–Crippen LogP) is 5.54. The first-order chi connectivity index (χ1) is 16.5. The first-order valence-corrected chi connectivity index (χ1v) is 12.9. The van der Waals surface area contributed by atoms with Gasteiger partial charge < -0.3 is 19.7 Å². The second-order valence-electron chi connectivity index (χ2n) is 10.4. The van der Waals surface area contributed by atoms with Crippen molar-refractivity contribution < 1.29 is 0 Å². The third-order valence-electron chi connectivity index (χ3n) is 7.23. The first-order valence-electron chi connectivity index (χ1n) is 12.9. The fourth-order valence-electron chi connectivity index (χ4n) is 5.60. The number of fused-ring (bicyclic) bond motifs is 6. The first kappa shape index (κ1) is 23.1. The Morgan fingerprint density at radius 2 is 1.65 bits per heavy atom. The number of anilines is 1. The van der Waals surface area contributed by atoms with E-state index in [-0.39, 0.29) is 0 Å². The quantitative estimate of drug-likeness (QED) is 0.335. The fourth-order valence-corrected chi connectivity index (χ4v) is 5.60. The zero-order valence-corrected chi connectivity index (χ0v) is 21.3. The van der Waals surface area contributed by atoms with Crippen molar-refractivity contribution in [1.29, 1.82) is 0 Å². The van der Waals surface area contributed by atoms with Crippen molar-refractivity contribution in [3.05, 3.63) is 47.7 Å². The molecule has 0 unspecified atom stereocenters. The molecule has 5 nitrogen and oxygen atoms in total. The van der Waals surface area contributed by atoms with Crippen LogP contribution in [0.1, 0.15) is 36.9 Å². The van der Waals surface area contributed by atoms with Gasteiger partial charge in [-0.3, -0.25) is 0 Å². The lowest BCUT2D eigenvalue weighted by atomic mass is 9.92. The number of nitrogens with zero attached hydrogens (tertiary/aromatic N) is 4. The number of benzene rings is 2. The lowest BCUT2D eigenvalue weighted by Crippen LogP contribution is -2.18. The average molecular weight is 458 g/mol. The molecule has 2 heterocycles. The summed E-state index contributed by atoms with van der Waals surface area (Å²) < 4.78 is 2.50. The molecule has 0 atom stereocenters.